The number of anilines is 6. The molecule has 2 nitrogen and oxygen atoms in total. The number of hydrogen-bond acceptors (Lipinski definition) is 4. The van der Waals surface area contributed by atoms with Gasteiger partial charge in [0.15, 0.2) is 8.07 Å². The van der Waals surface area contributed by atoms with Crippen molar-refractivity contribution in [3.63, 3.8) is 0 Å². The lowest BCUT2D eigenvalue weighted by atomic mass is 10.1. The molecule has 12 rings (SSSR count). The summed E-state index contributed by atoms with van der Waals surface area (Å²) in [6.07, 6.45) is 6.37. The molecule has 2 heterocycles. The summed E-state index contributed by atoms with van der Waals surface area (Å²) in [5, 5.41) is 10.1. The van der Waals surface area contributed by atoms with E-state index in [9.17, 15) is 0 Å². The summed E-state index contributed by atoms with van der Waals surface area (Å²) < 4.78 is 5.15. The molecule has 0 N–H and O–H groups in total. The van der Waals surface area contributed by atoms with Crippen molar-refractivity contribution in [3.05, 3.63) is 259 Å². The topological polar surface area (TPSA) is 6.48 Å². The minimum atomic E-state index is -3.25. The fraction of sp³-hybridized carbons (Fsp3) is 0. The smallest absolute Gasteiger partial charge is 0.191 e. The van der Waals surface area contributed by atoms with Gasteiger partial charge in [0.25, 0.3) is 0 Å². The van der Waals surface area contributed by atoms with Crippen LogP contribution in [0.15, 0.2) is 259 Å². The number of allylic oxidation sites excluding steroid dienone is 4. The quantitative estimate of drug-likeness (QED) is 0.0767. The zero-order valence-electron chi connectivity index (χ0n) is 35.3. The summed E-state index contributed by atoms with van der Waals surface area (Å²) >= 11 is 3.71. The fourth-order valence-corrected chi connectivity index (χ4v) is 16.8. The molecule has 0 saturated heterocycles. The van der Waals surface area contributed by atoms with Gasteiger partial charge in [0.1, 0.15) is 0 Å². The lowest BCUT2D eigenvalue weighted by Gasteiger charge is -2.39. The van der Waals surface area contributed by atoms with Crippen LogP contribution in [0.5, 0.6) is 0 Å². The van der Waals surface area contributed by atoms with Crippen molar-refractivity contribution in [3.8, 4) is 0 Å². The van der Waals surface area contributed by atoms with Crippen molar-refractivity contribution < 1.29 is 0 Å². The van der Waals surface area contributed by atoms with Crippen LogP contribution in [-0.4, -0.2) is 8.07 Å². The average Bonchev–Trinajstić information content (AvgIpc) is 3.94. The summed E-state index contributed by atoms with van der Waals surface area (Å²) in [6.45, 7) is 0. The molecule has 0 bridgehead atoms. The SMILES string of the molecule is C1=C=C([Si](c2ccccc2)(c2cccc(N(c3ccccc3)c3ccc4sc5ccccc5c4c3)c2)c2ccccc2N(c2ccccc2)c2ccc3c(c2)sc2ccccc23)C=CC=1. The van der Waals surface area contributed by atoms with E-state index in [4.69, 9.17) is 0 Å². The van der Waals surface area contributed by atoms with E-state index in [0.29, 0.717) is 0 Å². The van der Waals surface area contributed by atoms with E-state index in [1.165, 1.54) is 55.9 Å². The molecule has 0 amide bonds. The highest BCUT2D eigenvalue weighted by molar-refractivity contribution is 7.26. The Hall–Kier alpha value is -7.72. The van der Waals surface area contributed by atoms with Gasteiger partial charge in [0.2, 0.25) is 0 Å². The number of rotatable bonds is 10. The Balaban J connectivity index is 1.13. The van der Waals surface area contributed by atoms with Crippen molar-refractivity contribution in [1.29, 1.82) is 0 Å². The lowest BCUT2D eigenvalue weighted by molar-refractivity contribution is 1.29. The second-order valence-electron chi connectivity index (χ2n) is 16.3. The van der Waals surface area contributed by atoms with E-state index in [2.05, 4.69) is 258 Å². The van der Waals surface area contributed by atoms with Crippen molar-refractivity contribution in [1.82, 2.24) is 0 Å². The Morgan fingerprint density at radius 3 is 1.65 bits per heavy atom. The van der Waals surface area contributed by atoms with Crippen LogP contribution in [-0.2, 0) is 0 Å². The molecule has 1 aliphatic carbocycles. The highest BCUT2D eigenvalue weighted by Crippen LogP contribution is 2.43. The van der Waals surface area contributed by atoms with Gasteiger partial charge in [-0.3, -0.25) is 0 Å². The molecule has 1 aliphatic rings. The highest BCUT2D eigenvalue weighted by Gasteiger charge is 2.45. The third kappa shape index (κ3) is 6.70. The molecule has 2 aromatic heterocycles. The molecule has 306 valence electrons. The van der Waals surface area contributed by atoms with Crippen LogP contribution < -0.4 is 25.4 Å². The van der Waals surface area contributed by atoms with Gasteiger partial charge in [-0.05, 0) is 107 Å². The van der Waals surface area contributed by atoms with E-state index < -0.39 is 8.07 Å². The molecule has 0 saturated carbocycles. The molecule has 65 heavy (non-hydrogen) atoms. The van der Waals surface area contributed by atoms with Crippen LogP contribution in [0.4, 0.5) is 34.1 Å². The van der Waals surface area contributed by atoms with Crippen LogP contribution in [0, 0.1) is 0 Å². The van der Waals surface area contributed by atoms with Crippen molar-refractivity contribution in [2.75, 3.05) is 9.80 Å². The van der Waals surface area contributed by atoms with Crippen molar-refractivity contribution in [2.24, 2.45) is 0 Å². The summed E-state index contributed by atoms with van der Waals surface area (Å²) in [4.78, 5) is 4.89. The number of thiophene rings is 2. The molecular weight excluding hydrogens is 841 g/mol. The van der Waals surface area contributed by atoms with E-state index >= 15 is 0 Å². The van der Waals surface area contributed by atoms with Gasteiger partial charge in [-0.25, -0.2) is 0 Å². The minimum absolute atomic E-state index is 1.09. The van der Waals surface area contributed by atoms with Gasteiger partial charge in [0.05, 0.1) is 0 Å². The predicted octanol–water partition coefficient (Wildman–Crippen LogP) is 15.2. The molecule has 5 heteroatoms. The third-order valence-electron chi connectivity index (χ3n) is 12.6. The Kier molecular flexibility index (Phi) is 9.84. The monoisotopic (exact) mass is 880 g/mol. The summed E-state index contributed by atoms with van der Waals surface area (Å²) in [7, 11) is -3.25. The van der Waals surface area contributed by atoms with Gasteiger partial charge < -0.3 is 9.80 Å². The fourth-order valence-electron chi connectivity index (χ4n) is 9.79. The van der Waals surface area contributed by atoms with Crippen LogP contribution >= 0.6 is 22.7 Å². The number of hydrogen-bond donors (Lipinski definition) is 0. The van der Waals surface area contributed by atoms with E-state index in [0.717, 1.165) is 39.3 Å². The molecule has 9 aromatic carbocycles. The normalized spacial score (nSPS) is 13.1. The van der Waals surface area contributed by atoms with Crippen LogP contribution in [0.25, 0.3) is 40.3 Å². The molecule has 1 atom stereocenters. The molecule has 0 aliphatic heterocycles. The number of fused-ring (bicyclic) bond motifs is 6. The second-order valence-corrected chi connectivity index (χ2v) is 22.2. The highest BCUT2D eigenvalue weighted by atomic mass is 32.1. The first-order valence-electron chi connectivity index (χ1n) is 21.9. The van der Waals surface area contributed by atoms with E-state index in [-0.39, 0.29) is 0 Å². The minimum Gasteiger partial charge on any atom is -0.311 e. The van der Waals surface area contributed by atoms with Crippen LogP contribution in [0.1, 0.15) is 0 Å². The first-order chi connectivity index (χ1) is 32.2. The molecule has 0 spiro atoms. The maximum atomic E-state index is 3.74. The van der Waals surface area contributed by atoms with E-state index in [1.54, 1.807) is 0 Å². The van der Waals surface area contributed by atoms with E-state index in [1.807, 2.05) is 28.7 Å². The third-order valence-corrected chi connectivity index (χ3v) is 19.6. The standard InChI is InChI=1S/C60H40N2S2Si/c1-5-20-43(21-6-1)61(46-37-39-58-54(41-46)52-31-14-17-34-57(52)63-58)45-24-19-29-50(40-45)65(48-25-9-3-10-26-48,49-27-11-4-12-28-49)60-35-18-15-32-55(60)62(44-22-7-2-8-23-44)47-36-38-53-51-30-13-16-33-56(51)64-59(53)42-47/h1-11,13-27,29-42H. The predicted molar refractivity (Wildman–Crippen MR) is 283 cm³/mol. The summed E-state index contributed by atoms with van der Waals surface area (Å²) in [6, 6.07) is 82.6. The zero-order chi connectivity index (χ0) is 43.2. The van der Waals surface area contributed by atoms with Crippen LogP contribution in [0.3, 0.4) is 0 Å². The lowest BCUT2D eigenvalue weighted by Crippen LogP contribution is -2.69. The number of para-hydroxylation sites is 3. The Labute approximate surface area is 387 Å². The van der Waals surface area contributed by atoms with Crippen molar-refractivity contribution >= 4 is 121 Å². The Bertz CT molecular complexity index is 3710. The molecular formula is C60H40N2S2Si. The molecule has 11 aromatic rings. The Morgan fingerprint density at radius 1 is 0.369 bits per heavy atom. The molecule has 1 unspecified atom stereocenters. The van der Waals surface area contributed by atoms with Crippen LogP contribution in [0.2, 0.25) is 0 Å². The first kappa shape index (κ1) is 38.9. The van der Waals surface area contributed by atoms with Gasteiger partial charge in [-0.1, -0.05) is 163 Å². The zero-order valence-corrected chi connectivity index (χ0v) is 37.9. The second kappa shape index (κ2) is 16.4. The number of nitrogens with zero attached hydrogens (tertiary/aromatic N) is 2. The van der Waals surface area contributed by atoms with Gasteiger partial charge >= 0.3 is 0 Å². The maximum Gasteiger partial charge on any atom is 0.191 e. The maximum absolute atomic E-state index is 3.74. The largest absolute Gasteiger partial charge is 0.311 e. The molecule has 0 radical (unpaired) electrons. The van der Waals surface area contributed by atoms with Gasteiger partial charge in [-0.2, -0.15) is 0 Å². The molecule has 0 fully saturated rings. The van der Waals surface area contributed by atoms with Gasteiger partial charge in [0, 0.05) is 79.7 Å². The van der Waals surface area contributed by atoms with Crippen molar-refractivity contribution in [2.45, 2.75) is 0 Å². The summed E-state index contributed by atoms with van der Waals surface area (Å²) in [5.74, 6) is 0. The average molecular weight is 881 g/mol. The number of benzene rings is 9. The van der Waals surface area contributed by atoms with Gasteiger partial charge in [-0.15, -0.1) is 22.7 Å². The summed E-state index contributed by atoms with van der Waals surface area (Å²) in [5.41, 5.74) is 13.8. The Morgan fingerprint density at radius 2 is 0.908 bits per heavy atom. The first-order valence-corrected chi connectivity index (χ1v) is 25.5.